The quantitative estimate of drug-likeness (QED) is 0.846. The highest BCUT2D eigenvalue weighted by Crippen LogP contribution is 2.16. The SMILES string of the molecule is CCOc1ccc(CN[C@H](C)c2cccc(C)c2)cc1. The number of benzene rings is 2. The summed E-state index contributed by atoms with van der Waals surface area (Å²) in [5, 5.41) is 3.55. The molecule has 0 radical (unpaired) electrons. The Morgan fingerprint density at radius 2 is 1.85 bits per heavy atom. The van der Waals surface area contributed by atoms with Crippen molar-refractivity contribution in [2.75, 3.05) is 6.61 Å². The summed E-state index contributed by atoms with van der Waals surface area (Å²) < 4.78 is 5.45. The number of hydrogen-bond acceptors (Lipinski definition) is 2. The van der Waals surface area contributed by atoms with Gasteiger partial charge in [0.2, 0.25) is 0 Å². The molecule has 0 amide bonds. The van der Waals surface area contributed by atoms with Crippen LogP contribution in [0.3, 0.4) is 0 Å². The summed E-state index contributed by atoms with van der Waals surface area (Å²) in [6.07, 6.45) is 0. The molecule has 106 valence electrons. The molecule has 2 aromatic rings. The van der Waals surface area contributed by atoms with Gasteiger partial charge in [-0.2, -0.15) is 0 Å². The Labute approximate surface area is 121 Å². The Hall–Kier alpha value is -1.80. The Bertz CT molecular complexity index is 533. The van der Waals surface area contributed by atoms with Crippen LogP contribution >= 0.6 is 0 Å². The van der Waals surface area contributed by atoms with Gasteiger partial charge < -0.3 is 10.1 Å². The highest BCUT2D eigenvalue weighted by atomic mass is 16.5. The molecule has 0 heterocycles. The van der Waals surface area contributed by atoms with E-state index >= 15 is 0 Å². The van der Waals surface area contributed by atoms with Gasteiger partial charge in [0.25, 0.3) is 0 Å². The molecule has 0 spiro atoms. The van der Waals surface area contributed by atoms with E-state index in [1.807, 2.05) is 19.1 Å². The van der Waals surface area contributed by atoms with Crippen LogP contribution in [-0.2, 0) is 6.54 Å². The fraction of sp³-hybridized carbons (Fsp3) is 0.333. The first-order chi connectivity index (χ1) is 9.69. The van der Waals surface area contributed by atoms with Crippen molar-refractivity contribution >= 4 is 0 Å². The molecule has 0 aliphatic heterocycles. The minimum absolute atomic E-state index is 0.349. The standard InChI is InChI=1S/C18H23NO/c1-4-20-18-10-8-16(9-11-18)13-19-15(3)17-7-5-6-14(2)12-17/h5-12,15,19H,4,13H2,1-3H3/t15-/m1/s1. The molecule has 0 saturated heterocycles. The lowest BCUT2D eigenvalue weighted by molar-refractivity contribution is 0.340. The highest BCUT2D eigenvalue weighted by molar-refractivity contribution is 5.28. The lowest BCUT2D eigenvalue weighted by Crippen LogP contribution is -2.18. The number of aryl methyl sites for hydroxylation is 1. The van der Waals surface area contributed by atoms with Gasteiger partial charge >= 0.3 is 0 Å². The van der Waals surface area contributed by atoms with Gasteiger partial charge in [-0.05, 0) is 44.0 Å². The molecule has 0 aliphatic carbocycles. The lowest BCUT2D eigenvalue weighted by atomic mass is 10.1. The van der Waals surface area contributed by atoms with Crippen LogP contribution in [0.15, 0.2) is 48.5 Å². The molecular formula is C18H23NO. The van der Waals surface area contributed by atoms with Crippen molar-refractivity contribution in [2.45, 2.75) is 33.4 Å². The van der Waals surface area contributed by atoms with E-state index < -0.39 is 0 Å². The largest absolute Gasteiger partial charge is 0.494 e. The summed E-state index contributed by atoms with van der Waals surface area (Å²) in [7, 11) is 0. The summed E-state index contributed by atoms with van der Waals surface area (Å²) in [6.45, 7) is 7.90. The maximum atomic E-state index is 5.45. The Morgan fingerprint density at radius 1 is 1.10 bits per heavy atom. The van der Waals surface area contributed by atoms with Crippen LogP contribution in [0.5, 0.6) is 5.75 Å². The average molecular weight is 269 g/mol. The van der Waals surface area contributed by atoms with Crippen LogP contribution < -0.4 is 10.1 Å². The summed E-state index contributed by atoms with van der Waals surface area (Å²) in [5.74, 6) is 0.933. The summed E-state index contributed by atoms with van der Waals surface area (Å²) in [6, 6.07) is 17.3. The topological polar surface area (TPSA) is 21.3 Å². The zero-order valence-corrected chi connectivity index (χ0v) is 12.5. The lowest BCUT2D eigenvalue weighted by Gasteiger charge is -2.15. The second-order valence-corrected chi connectivity index (χ2v) is 5.09. The maximum Gasteiger partial charge on any atom is 0.119 e. The Morgan fingerprint density at radius 3 is 2.50 bits per heavy atom. The van der Waals surface area contributed by atoms with E-state index in [0.29, 0.717) is 12.6 Å². The zero-order valence-electron chi connectivity index (χ0n) is 12.5. The van der Waals surface area contributed by atoms with Gasteiger partial charge in [-0.25, -0.2) is 0 Å². The van der Waals surface area contributed by atoms with Crippen molar-refractivity contribution in [3.8, 4) is 5.75 Å². The summed E-state index contributed by atoms with van der Waals surface area (Å²) >= 11 is 0. The van der Waals surface area contributed by atoms with Crippen molar-refractivity contribution in [3.05, 3.63) is 65.2 Å². The maximum absolute atomic E-state index is 5.45. The van der Waals surface area contributed by atoms with E-state index in [1.54, 1.807) is 0 Å². The van der Waals surface area contributed by atoms with Crippen LogP contribution in [0, 0.1) is 6.92 Å². The predicted molar refractivity (Wildman–Crippen MR) is 84.0 cm³/mol. The smallest absolute Gasteiger partial charge is 0.119 e. The van der Waals surface area contributed by atoms with Gasteiger partial charge in [-0.3, -0.25) is 0 Å². The second kappa shape index (κ2) is 7.11. The van der Waals surface area contributed by atoms with Crippen LogP contribution in [0.2, 0.25) is 0 Å². The monoisotopic (exact) mass is 269 g/mol. The van der Waals surface area contributed by atoms with Crippen LogP contribution in [0.1, 0.15) is 36.6 Å². The normalized spacial score (nSPS) is 12.2. The van der Waals surface area contributed by atoms with E-state index in [-0.39, 0.29) is 0 Å². The van der Waals surface area contributed by atoms with E-state index in [1.165, 1.54) is 16.7 Å². The van der Waals surface area contributed by atoms with Gasteiger partial charge in [0.1, 0.15) is 5.75 Å². The highest BCUT2D eigenvalue weighted by Gasteiger charge is 2.04. The fourth-order valence-corrected chi connectivity index (χ4v) is 2.20. The first-order valence-electron chi connectivity index (χ1n) is 7.20. The number of rotatable bonds is 6. The van der Waals surface area contributed by atoms with Crippen molar-refractivity contribution in [1.82, 2.24) is 5.32 Å². The molecule has 0 unspecified atom stereocenters. The molecule has 2 heteroatoms. The van der Waals surface area contributed by atoms with Crippen LogP contribution in [0.4, 0.5) is 0 Å². The minimum Gasteiger partial charge on any atom is -0.494 e. The predicted octanol–water partition coefficient (Wildman–Crippen LogP) is 4.24. The molecule has 0 saturated carbocycles. The van der Waals surface area contributed by atoms with Crippen molar-refractivity contribution in [2.24, 2.45) is 0 Å². The van der Waals surface area contributed by atoms with E-state index in [2.05, 4.69) is 55.6 Å². The van der Waals surface area contributed by atoms with E-state index in [4.69, 9.17) is 4.74 Å². The molecule has 20 heavy (non-hydrogen) atoms. The number of nitrogens with one attached hydrogen (secondary N) is 1. The van der Waals surface area contributed by atoms with Gasteiger partial charge in [0.15, 0.2) is 0 Å². The zero-order chi connectivity index (χ0) is 14.4. The summed E-state index contributed by atoms with van der Waals surface area (Å²) in [4.78, 5) is 0. The fourth-order valence-electron chi connectivity index (χ4n) is 2.20. The molecular weight excluding hydrogens is 246 g/mol. The molecule has 0 bridgehead atoms. The molecule has 0 aromatic heterocycles. The Kier molecular flexibility index (Phi) is 5.19. The van der Waals surface area contributed by atoms with Gasteiger partial charge in [0, 0.05) is 12.6 Å². The van der Waals surface area contributed by atoms with E-state index in [9.17, 15) is 0 Å². The second-order valence-electron chi connectivity index (χ2n) is 5.09. The molecule has 0 fully saturated rings. The minimum atomic E-state index is 0.349. The van der Waals surface area contributed by atoms with Gasteiger partial charge in [-0.1, -0.05) is 42.0 Å². The summed E-state index contributed by atoms with van der Waals surface area (Å²) in [5.41, 5.74) is 3.90. The third kappa shape index (κ3) is 4.10. The van der Waals surface area contributed by atoms with Crippen molar-refractivity contribution in [3.63, 3.8) is 0 Å². The third-order valence-corrected chi connectivity index (χ3v) is 3.39. The average Bonchev–Trinajstić information content (AvgIpc) is 2.46. The van der Waals surface area contributed by atoms with Gasteiger partial charge in [-0.15, -0.1) is 0 Å². The first-order valence-corrected chi connectivity index (χ1v) is 7.20. The molecule has 1 N–H and O–H groups in total. The number of ether oxygens (including phenoxy) is 1. The Balaban J connectivity index is 1.91. The molecule has 2 nitrogen and oxygen atoms in total. The third-order valence-electron chi connectivity index (χ3n) is 3.39. The van der Waals surface area contributed by atoms with E-state index in [0.717, 1.165) is 12.3 Å². The molecule has 2 rings (SSSR count). The van der Waals surface area contributed by atoms with Crippen LogP contribution in [-0.4, -0.2) is 6.61 Å². The van der Waals surface area contributed by atoms with Crippen molar-refractivity contribution in [1.29, 1.82) is 0 Å². The molecule has 0 aliphatic rings. The molecule has 2 aromatic carbocycles. The number of hydrogen-bond donors (Lipinski definition) is 1. The first kappa shape index (κ1) is 14.6. The van der Waals surface area contributed by atoms with Gasteiger partial charge in [0.05, 0.1) is 6.61 Å². The molecule has 1 atom stereocenters. The van der Waals surface area contributed by atoms with Crippen LogP contribution in [0.25, 0.3) is 0 Å². The van der Waals surface area contributed by atoms with Crippen molar-refractivity contribution < 1.29 is 4.74 Å².